The van der Waals surface area contributed by atoms with Crippen molar-refractivity contribution >= 4 is 5.97 Å². The molecule has 5 heteroatoms. The second kappa shape index (κ2) is 5.55. The molecule has 104 valence electrons. The van der Waals surface area contributed by atoms with Crippen molar-refractivity contribution < 1.29 is 14.6 Å². The van der Waals surface area contributed by atoms with Crippen molar-refractivity contribution in [3.05, 3.63) is 0 Å². The maximum atomic E-state index is 11.9. The molecule has 1 aliphatic heterocycles. The largest absolute Gasteiger partial charge is 0.480 e. The maximum absolute atomic E-state index is 11.9. The van der Waals surface area contributed by atoms with Gasteiger partial charge in [-0.05, 0) is 19.9 Å². The zero-order chi connectivity index (χ0) is 13.2. The first kappa shape index (κ1) is 13.8. The molecule has 2 rings (SSSR count). The second-order valence-electron chi connectivity index (χ2n) is 5.49. The molecule has 2 unspecified atom stereocenters. The molecule has 2 fully saturated rings. The van der Waals surface area contributed by atoms with Crippen molar-refractivity contribution in [2.45, 2.75) is 37.3 Å². The highest BCUT2D eigenvalue weighted by Crippen LogP contribution is 2.36. The number of carboxylic acid groups (broad SMARTS) is 1. The van der Waals surface area contributed by atoms with E-state index in [0.717, 1.165) is 45.4 Å². The number of hydrogen-bond acceptors (Lipinski definition) is 4. The average Bonchev–Trinajstić information content (AvgIpc) is 2.39. The molecule has 18 heavy (non-hydrogen) atoms. The fourth-order valence-electron chi connectivity index (χ4n) is 3.38. The summed E-state index contributed by atoms with van der Waals surface area (Å²) in [6, 6.07) is 0. The van der Waals surface area contributed by atoms with Crippen molar-refractivity contribution in [2.24, 2.45) is 0 Å². The van der Waals surface area contributed by atoms with Crippen LogP contribution in [0.5, 0.6) is 0 Å². The highest BCUT2D eigenvalue weighted by atomic mass is 16.5. The van der Waals surface area contributed by atoms with E-state index in [2.05, 4.69) is 16.8 Å². The van der Waals surface area contributed by atoms with Crippen LogP contribution in [0, 0.1) is 0 Å². The summed E-state index contributed by atoms with van der Waals surface area (Å²) in [7, 11) is 3.73. The average molecular weight is 256 g/mol. The molecule has 0 spiro atoms. The third-order valence-corrected chi connectivity index (χ3v) is 4.53. The summed E-state index contributed by atoms with van der Waals surface area (Å²) in [5.41, 5.74) is -0.797. The van der Waals surface area contributed by atoms with Crippen LogP contribution in [0.1, 0.15) is 25.7 Å². The maximum Gasteiger partial charge on any atom is 0.326 e. The molecule has 1 aliphatic carbocycles. The zero-order valence-electron chi connectivity index (χ0n) is 11.4. The monoisotopic (exact) mass is 256 g/mol. The van der Waals surface area contributed by atoms with Gasteiger partial charge in [0.25, 0.3) is 0 Å². The fourth-order valence-corrected chi connectivity index (χ4v) is 3.38. The third kappa shape index (κ3) is 2.27. The Morgan fingerprint density at radius 1 is 1.28 bits per heavy atom. The molecule has 0 aromatic heterocycles. The zero-order valence-corrected chi connectivity index (χ0v) is 11.4. The first-order valence-corrected chi connectivity index (χ1v) is 6.81. The lowest BCUT2D eigenvalue weighted by Gasteiger charge is -2.49. The molecule has 0 bridgehead atoms. The lowest BCUT2D eigenvalue weighted by Crippen LogP contribution is -2.67. The highest BCUT2D eigenvalue weighted by Gasteiger charge is 2.52. The van der Waals surface area contributed by atoms with Gasteiger partial charge in [-0.3, -0.25) is 9.69 Å². The Bertz CT molecular complexity index is 303. The molecule has 1 heterocycles. The van der Waals surface area contributed by atoms with Crippen LogP contribution in [0.15, 0.2) is 0 Å². The Labute approximate surface area is 109 Å². The summed E-state index contributed by atoms with van der Waals surface area (Å²) in [6.07, 6.45) is 3.45. The van der Waals surface area contributed by atoms with E-state index in [4.69, 9.17) is 4.74 Å². The fraction of sp³-hybridized carbons (Fsp3) is 0.923. The summed E-state index contributed by atoms with van der Waals surface area (Å²) < 4.78 is 5.51. The van der Waals surface area contributed by atoms with Gasteiger partial charge in [-0.25, -0.2) is 0 Å². The Morgan fingerprint density at radius 2 is 1.94 bits per heavy atom. The molecule has 0 aromatic carbocycles. The topological polar surface area (TPSA) is 53.0 Å². The molecular formula is C13H24N2O3. The van der Waals surface area contributed by atoms with Gasteiger partial charge in [-0.15, -0.1) is 0 Å². The second-order valence-corrected chi connectivity index (χ2v) is 5.49. The summed E-state index contributed by atoms with van der Waals surface area (Å²) >= 11 is 0. The summed E-state index contributed by atoms with van der Waals surface area (Å²) in [4.78, 5) is 16.3. The summed E-state index contributed by atoms with van der Waals surface area (Å²) in [5, 5.41) is 9.77. The summed E-state index contributed by atoms with van der Waals surface area (Å²) in [6.45, 7) is 3.52. The molecule has 0 radical (unpaired) electrons. The normalized spacial score (nSPS) is 35.6. The van der Waals surface area contributed by atoms with Gasteiger partial charge in [0, 0.05) is 33.3 Å². The minimum atomic E-state index is -0.797. The number of piperazine rings is 1. The van der Waals surface area contributed by atoms with E-state index in [0.29, 0.717) is 6.42 Å². The molecule has 1 saturated carbocycles. The quantitative estimate of drug-likeness (QED) is 0.803. The van der Waals surface area contributed by atoms with Gasteiger partial charge in [0.1, 0.15) is 5.54 Å². The predicted octanol–water partition coefficient (Wildman–Crippen LogP) is 0.646. The number of carbonyl (C=O) groups is 1. The first-order valence-electron chi connectivity index (χ1n) is 6.81. The molecule has 0 aromatic rings. The SMILES string of the molecule is COC1CCCCC1(C(=O)O)N1CCN(C)CC1. The van der Waals surface area contributed by atoms with Gasteiger partial charge in [-0.2, -0.15) is 0 Å². The van der Waals surface area contributed by atoms with E-state index < -0.39 is 11.5 Å². The predicted molar refractivity (Wildman–Crippen MR) is 68.7 cm³/mol. The minimum absolute atomic E-state index is 0.174. The lowest BCUT2D eigenvalue weighted by atomic mass is 9.77. The molecule has 5 nitrogen and oxygen atoms in total. The van der Waals surface area contributed by atoms with E-state index in [-0.39, 0.29) is 6.10 Å². The van der Waals surface area contributed by atoms with Crippen LogP contribution >= 0.6 is 0 Å². The first-order chi connectivity index (χ1) is 8.61. The van der Waals surface area contributed by atoms with Crippen molar-refractivity contribution in [1.82, 2.24) is 9.80 Å². The number of methoxy groups -OCH3 is 1. The van der Waals surface area contributed by atoms with Crippen LogP contribution in [-0.4, -0.2) is 72.9 Å². The van der Waals surface area contributed by atoms with Crippen molar-refractivity contribution in [2.75, 3.05) is 40.3 Å². The summed E-state index contributed by atoms with van der Waals surface area (Å²) in [5.74, 6) is -0.710. The van der Waals surface area contributed by atoms with E-state index in [1.54, 1.807) is 7.11 Å². The Kier molecular flexibility index (Phi) is 4.25. The van der Waals surface area contributed by atoms with Crippen LogP contribution in [0.3, 0.4) is 0 Å². The highest BCUT2D eigenvalue weighted by molar-refractivity contribution is 5.80. The number of ether oxygens (including phenoxy) is 1. The number of hydrogen-bond donors (Lipinski definition) is 1. The van der Waals surface area contributed by atoms with Crippen LogP contribution in [0.2, 0.25) is 0 Å². The van der Waals surface area contributed by atoms with Gasteiger partial charge in [0.05, 0.1) is 6.10 Å². The van der Waals surface area contributed by atoms with E-state index in [1.807, 2.05) is 0 Å². The van der Waals surface area contributed by atoms with Crippen molar-refractivity contribution in [3.8, 4) is 0 Å². The lowest BCUT2D eigenvalue weighted by molar-refractivity contribution is -0.170. The third-order valence-electron chi connectivity index (χ3n) is 4.53. The van der Waals surface area contributed by atoms with Gasteiger partial charge < -0.3 is 14.7 Å². The number of carboxylic acids is 1. The molecule has 0 amide bonds. The molecule has 2 atom stereocenters. The number of likely N-dealkylation sites (N-methyl/N-ethyl adjacent to an activating group) is 1. The molecule has 2 aliphatic rings. The molecule has 1 N–H and O–H groups in total. The van der Waals surface area contributed by atoms with Gasteiger partial charge in [0.2, 0.25) is 0 Å². The number of aliphatic carboxylic acids is 1. The van der Waals surface area contributed by atoms with E-state index in [1.165, 1.54) is 0 Å². The Balaban J connectivity index is 2.22. The molecular weight excluding hydrogens is 232 g/mol. The number of rotatable bonds is 3. The van der Waals surface area contributed by atoms with Crippen LogP contribution in [0.4, 0.5) is 0 Å². The van der Waals surface area contributed by atoms with E-state index in [9.17, 15) is 9.90 Å². The van der Waals surface area contributed by atoms with Crippen molar-refractivity contribution in [1.29, 1.82) is 0 Å². The van der Waals surface area contributed by atoms with Crippen LogP contribution in [-0.2, 0) is 9.53 Å². The Morgan fingerprint density at radius 3 is 2.50 bits per heavy atom. The number of nitrogens with zero attached hydrogens (tertiary/aromatic N) is 2. The van der Waals surface area contributed by atoms with Gasteiger partial charge in [0.15, 0.2) is 0 Å². The smallest absolute Gasteiger partial charge is 0.326 e. The van der Waals surface area contributed by atoms with Crippen molar-refractivity contribution in [3.63, 3.8) is 0 Å². The van der Waals surface area contributed by atoms with Gasteiger partial charge in [-0.1, -0.05) is 12.8 Å². The minimum Gasteiger partial charge on any atom is -0.480 e. The van der Waals surface area contributed by atoms with Crippen LogP contribution in [0.25, 0.3) is 0 Å². The standard InChI is InChI=1S/C13H24N2O3/c1-14-7-9-15(10-8-14)13(12(16)17)6-4-3-5-11(13)18-2/h11H,3-10H2,1-2H3,(H,16,17). The molecule has 1 saturated heterocycles. The van der Waals surface area contributed by atoms with Gasteiger partial charge >= 0.3 is 5.97 Å². The Hall–Kier alpha value is -0.650. The van der Waals surface area contributed by atoms with E-state index >= 15 is 0 Å². The van der Waals surface area contributed by atoms with Crippen LogP contribution < -0.4 is 0 Å².